The molecule has 0 unspecified atom stereocenters. The number of halogens is 1. The van der Waals surface area contributed by atoms with Gasteiger partial charge >= 0.3 is 0 Å². The number of hydrogen-bond acceptors (Lipinski definition) is 1. The fourth-order valence-electron chi connectivity index (χ4n) is 0.999. The van der Waals surface area contributed by atoms with Crippen molar-refractivity contribution in [2.75, 3.05) is 4.43 Å². The Morgan fingerprint density at radius 1 is 1.62 bits per heavy atom. The molecule has 0 aromatic carbocycles. The first-order chi connectivity index (χ1) is 3.83. The van der Waals surface area contributed by atoms with Gasteiger partial charge in [-0.15, -0.1) is 0 Å². The van der Waals surface area contributed by atoms with E-state index in [1.165, 1.54) is 12.8 Å². The van der Waals surface area contributed by atoms with Gasteiger partial charge in [-0.25, -0.2) is 0 Å². The van der Waals surface area contributed by atoms with Crippen LogP contribution in [-0.2, 0) is 4.74 Å². The lowest BCUT2D eigenvalue weighted by atomic mass is 10.2. The molecule has 0 amide bonds. The maximum absolute atomic E-state index is 5.50. The fraction of sp³-hybridized carbons (Fsp3) is 1.00. The van der Waals surface area contributed by atoms with Crippen LogP contribution in [0.5, 0.6) is 0 Å². The minimum atomic E-state index is 0.523. The molecule has 0 saturated carbocycles. The molecule has 0 aromatic heterocycles. The summed E-state index contributed by atoms with van der Waals surface area (Å²) in [5.74, 6) is 0. The van der Waals surface area contributed by atoms with Crippen LogP contribution in [0.15, 0.2) is 0 Å². The summed E-state index contributed by atoms with van der Waals surface area (Å²) in [5, 5.41) is 0. The van der Waals surface area contributed by atoms with E-state index in [1.807, 2.05) is 0 Å². The summed E-state index contributed by atoms with van der Waals surface area (Å²) >= 11 is 2.37. The Morgan fingerprint density at radius 2 is 2.38 bits per heavy atom. The van der Waals surface area contributed by atoms with E-state index in [2.05, 4.69) is 29.5 Å². The van der Waals surface area contributed by atoms with Crippen molar-refractivity contribution in [1.29, 1.82) is 0 Å². The smallest absolute Gasteiger partial charge is 0.0669 e. The normalized spacial score (nSPS) is 38.2. The zero-order chi connectivity index (χ0) is 5.98. The largest absolute Gasteiger partial charge is 0.374 e. The molecule has 8 heavy (non-hydrogen) atoms. The van der Waals surface area contributed by atoms with Crippen LogP contribution in [0.25, 0.3) is 0 Å². The van der Waals surface area contributed by atoms with Gasteiger partial charge in [0.2, 0.25) is 0 Å². The molecule has 0 bridgehead atoms. The zero-order valence-corrected chi connectivity index (χ0v) is 7.22. The second kappa shape index (κ2) is 3.01. The minimum Gasteiger partial charge on any atom is -0.374 e. The van der Waals surface area contributed by atoms with Crippen LogP contribution in [0.4, 0.5) is 0 Å². The molecule has 1 fully saturated rings. The van der Waals surface area contributed by atoms with Gasteiger partial charge in [-0.3, -0.25) is 0 Å². The van der Waals surface area contributed by atoms with Crippen molar-refractivity contribution in [2.24, 2.45) is 0 Å². The van der Waals surface area contributed by atoms with E-state index in [1.54, 1.807) is 0 Å². The van der Waals surface area contributed by atoms with Crippen molar-refractivity contribution < 1.29 is 4.74 Å². The molecule has 2 atom stereocenters. The highest BCUT2D eigenvalue weighted by molar-refractivity contribution is 14.1. The molecule has 1 aliphatic rings. The third-order valence-electron chi connectivity index (χ3n) is 1.49. The summed E-state index contributed by atoms with van der Waals surface area (Å²) in [5.41, 5.74) is 0. The van der Waals surface area contributed by atoms with Crippen molar-refractivity contribution in [2.45, 2.75) is 32.0 Å². The van der Waals surface area contributed by atoms with E-state index in [4.69, 9.17) is 4.74 Å². The van der Waals surface area contributed by atoms with Crippen LogP contribution < -0.4 is 0 Å². The molecule has 1 heterocycles. The molecule has 1 saturated heterocycles. The monoisotopic (exact) mass is 226 g/mol. The predicted molar refractivity (Wildman–Crippen MR) is 42.5 cm³/mol. The molecule has 1 nitrogen and oxygen atoms in total. The Labute approximate surface area is 63.9 Å². The lowest BCUT2D eigenvalue weighted by Crippen LogP contribution is -2.08. The lowest BCUT2D eigenvalue weighted by Gasteiger charge is -2.04. The van der Waals surface area contributed by atoms with Gasteiger partial charge in [0.25, 0.3) is 0 Å². The Balaban J connectivity index is 2.22. The molecule has 1 rings (SSSR count). The molecular formula is C6H11IO. The first kappa shape index (κ1) is 6.81. The number of hydrogen-bond donors (Lipinski definition) is 0. The van der Waals surface area contributed by atoms with Crippen molar-refractivity contribution in [3.05, 3.63) is 0 Å². The SMILES string of the molecule is C[C@H]1CC[C@H](CI)O1. The van der Waals surface area contributed by atoms with Crippen LogP contribution in [-0.4, -0.2) is 16.6 Å². The highest BCUT2D eigenvalue weighted by Crippen LogP contribution is 2.19. The third-order valence-corrected chi connectivity index (χ3v) is 2.47. The fourth-order valence-corrected chi connectivity index (χ4v) is 1.65. The first-order valence-electron chi connectivity index (χ1n) is 3.04. The summed E-state index contributed by atoms with van der Waals surface area (Å²) in [4.78, 5) is 0. The second-order valence-electron chi connectivity index (χ2n) is 2.30. The van der Waals surface area contributed by atoms with Crippen LogP contribution in [0.1, 0.15) is 19.8 Å². The van der Waals surface area contributed by atoms with Gasteiger partial charge in [-0.2, -0.15) is 0 Å². The van der Waals surface area contributed by atoms with Gasteiger partial charge in [0.15, 0.2) is 0 Å². The molecule has 48 valence electrons. The van der Waals surface area contributed by atoms with Gasteiger partial charge in [-0.1, -0.05) is 22.6 Å². The van der Waals surface area contributed by atoms with E-state index < -0.39 is 0 Å². The van der Waals surface area contributed by atoms with E-state index >= 15 is 0 Å². The van der Waals surface area contributed by atoms with Gasteiger partial charge in [0.05, 0.1) is 12.2 Å². The van der Waals surface area contributed by atoms with E-state index in [0.29, 0.717) is 12.2 Å². The van der Waals surface area contributed by atoms with Gasteiger partial charge in [0, 0.05) is 4.43 Å². The van der Waals surface area contributed by atoms with Crippen LogP contribution in [0.2, 0.25) is 0 Å². The number of ether oxygens (including phenoxy) is 1. The van der Waals surface area contributed by atoms with Crippen LogP contribution >= 0.6 is 22.6 Å². The molecule has 1 aliphatic heterocycles. The summed E-state index contributed by atoms with van der Waals surface area (Å²) in [7, 11) is 0. The Kier molecular flexibility index (Phi) is 2.56. The average Bonchev–Trinajstić information content (AvgIpc) is 2.14. The Hall–Kier alpha value is 0.690. The number of alkyl halides is 1. The molecule has 2 heteroatoms. The summed E-state index contributed by atoms with van der Waals surface area (Å²) in [6.45, 7) is 2.15. The summed E-state index contributed by atoms with van der Waals surface area (Å²) < 4.78 is 6.66. The lowest BCUT2D eigenvalue weighted by molar-refractivity contribution is 0.0716. The highest BCUT2D eigenvalue weighted by Gasteiger charge is 2.19. The minimum absolute atomic E-state index is 0.523. The first-order valence-corrected chi connectivity index (χ1v) is 4.57. The maximum Gasteiger partial charge on any atom is 0.0669 e. The summed E-state index contributed by atoms with van der Waals surface area (Å²) in [6.07, 6.45) is 3.61. The molecular weight excluding hydrogens is 215 g/mol. The molecule has 0 aliphatic carbocycles. The van der Waals surface area contributed by atoms with Crippen LogP contribution in [0, 0.1) is 0 Å². The van der Waals surface area contributed by atoms with Gasteiger partial charge in [-0.05, 0) is 19.8 Å². The zero-order valence-electron chi connectivity index (χ0n) is 5.06. The van der Waals surface area contributed by atoms with Crippen molar-refractivity contribution in [3.8, 4) is 0 Å². The van der Waals surface area contributed by atoms with Crippen molar-refractivity contribution in [3.63, 3.8) is 0 Å². The van der Waals surface area contributed by atoms with Crippen LogP contribution in [0.3, 0.4) is 0 Å². The second-order valence-corrected chi connectivity index (χ2v) is 3.18. The quantitative estimate of drug-likeness (QED) is 0.490. The van der Waals surface area contributed by atoms with E-state index in [0.717, 1.165) is 4.43 Å². The highest BCUT2D eigenvalue weighted by atomic mass is 127. The topological polar surface area (TPSA) is 9.23 Å². The van der Waals surface area contributed by atoms with Crippen molar-refractivity contribution in [1.82, 2.24) is 0 Å². The Morgan fingerprint density at radius 3 is 2.62 bits per heavy atom. The molecule has 0 N–H and O–H groups in total. The van der Waals surface area contributed by atoms with E-state index in [9.17, 15) is 0 Å². The molecule has 0 radical (unpaired) electrons. The predicted octanol–water partition coefficient (Wildman–Crippen LogP) is 1.99. The van der Waals surface area contributed by atoms with Crippen molar-refractivity contribution >= 4 is 22.6 Å². The Bertz CT molecular complexity index is 74.9. The van der Waals surface area contributed by atoms with E-state index in [-0.39, 0.29) is 0 Å². The average molecular weight is 226 g/mol. The van der Waals surface area contributed by atoms with Gasteiger partial charge < -0.3 is 4.74 Å². The maximum atomic E-state index is 5.50. The van der Waals surface area contributed by atoms with Gasteiger partial charge in [0.1, 0.15) is 0 Å². The standard InChI is InChI=1S/C6H11IO/c1-5-2-3-6(4-7)8-5/h5-6H,2-4H2,1H3/t5-,6+/m0/s1. The molecule has 0 spiro atoms. The third kappa shape index (κ3) is 1.58. The number of rotatable bonds is 1. The molecule has 0 aromatic rings. The summed E-state index contributed by atoms with van der Waals surface area (Å²) in [6, 6.07) is 0.